The lowest BCUT2D eigenvalue weighted by Gasteiger charge is -2.30. The standard InChI is InChI=1S/C20H41N5O4/c1-7-20(5,6)25-14(9-10-16(26)27)17(28)22-11-8-12-23-18(29)15(13-21)24-19(2,3)4/h14-15,24-25H,7-13,21H2,1-6H3,(H,22,28)(H,23,29)(H,26,27)/t14-,15-/m0/s1. The summed E-state index contributed by atoms with van der Waals surface area (Å²) in [6.07, 6.45) is 1.51. The molecule has 0 aromatic rings. The minimum absolute atomic E-state index is 0.0812. The van der Waals surface area contributed by atoms with Crippen LogP contribution in [0.4, 0.5) is 0 Å². The average Bonchev–Trinajstić information content (AvgIpc) is 2.61. The fourth-order valence-corrected chi connectivity index (χ4v) is 2.62. The summed E-state index contributed by atoms with van der Waals surface area (Å²) in [5.41, 5.74) is 5.17. The second-order valence-corrected chi connectivity index (χ2v) is 8.99. The molecule has 0 radical (unpaired) electrons. The van der Waals surface area contributed by atoms with Crippen molar-refractivity contribution in [3.05, 3.63) is 0 Å². The van der Waals surface area contributed by atoms with E-state index < -0.39 is 18.1 Å². The van der Waals surface area contributed by atoms with Gasteiger partial charge in [0.25, 0.3) is 0 Å². The third-order valence-corrected chi connectivity index (χ3v) is 4.52. The molecule has 0 spiro atoms. The van der Waals surface area contributed by atoms with Crippen LogP contribution in [0.3, 0.4) is 0 Å². The average molecular weight is 416 g/mol. The minimum Gasteiger partial charge on any atom is -0.481 e. The molecule has 0 aliphatic rings. The third kappa shape index (κ3) is 13.2. The number of hydrogen-bond acceptors (Lipinski definition) is 6. The topological polar surface area (TPSA) is 146 Å². The SMILES string of the molecule is CCC(C)(C)N[C@@H](CCC(=O)O)C(=O)NCCCNC(=O)[C@H](CN)NC(C)(C)C. The Labute approximate surface area is 174 Å². The van der Waals surface area contributed by atoms with Crippen molar-refractivity contribution in [3.63, 3.8) is 0 Å². The van der Waals surface area contributed by atoms with Crippen molar-refractivity contribution >= 4 is 17.8 Å². The minimum atomic E-state index is -0.931. The number of amides is 2. The lowest BCUT2D eigenvalue weighted by Crippen LogP contribution is -2.55. The predicted octanol–water partition coefficient (Wildman–Crippen LogP) is 0.336. The number of nitrogens with one attached hydrogen (secondary N) is 4. The number of rotatable bonds is 14. The summed E-state index contributed by atoms with van der Waals surface area (Å²) in [5.74, 6) is -1.33. The van der Waals surface area contributed by atoms with Crippen molar-refractivity contribution < 1.29 is 19.5 Å². The van der Waals surface area contributed by atoms with Gasteiger partial charge >= 0.3 is 5.97 Å². The van der Waals surface area contributed by atoms with Gasteiger partial charge in [0.2, 0.25) is 11.8 Å². The van der Waals surface area contributed by atoms with Crippen LogP contribution in [0.2, 0.25) is 0 Å². The molecule has 170 valence electrons. The number of nitrogens with two attached hydrogens (primary N) is 1. The first-order valence-corrected chi connectivity index (χ1v) is 10.3. The van der Waals surface area contributed by atoms with E-state index in [0.717, 1.165) is 6.42 Å². The van der Waals surface area contributed by atoms with E-state index in [-0.39, 0.29) is 42.3 Å². The van der Waals surface area contributed by atoms with Crippen molar-refractivity contribution in [1.82, 2.24) is 21.3 Å². The largest absolute Gasteiger partial charge is 0.481 e. The molecule has 2 amide bonds. The highest BCUT2D eigenvalue weighted by molar-refractivity contribution is 5.83. The molecular weight excluding hydrogens is 374 g/mol. The van der Waals surface area contributed by atoms with Crippen molar-refractivity contribution in [2.75, 3.05) is 19.6 Å². The van der Waals surface area contributed by atoms with Crippen LogP contribution in [0.15, 0.2) is 0 Å². The Kier molecular flexibility index (Phi) is 12.0. The van der Waals surface area contributed by atoms with Crippen molar-refractivity contribution in [3.8, 4) is 0 Å². The van der Waals surface area contributed by atoms with E-state index in [2.05, 4.69) is 21.3 Å². The zero-order valence-corrected chi connectivity index (χ0v) is 18.9. The maximum atomic E-state index is 12.5. The summed E-state index contributed by atoms with van der Waals surface area (Å²) in [5, 5.41) is 21.0. The van der Waals surface area contributed by atoms with Gasteiger partial charge in [0.15, 0.2) is 0 Å². The molecule has 29 heavy (non-hydrogen) atoms. The molecule has 0 unspecified atom stereocenters. The van der Waals surface area contributed by atoms with Gasteiger partial charge in [0.1, 0.15) is 0 Å². The Hall–Kier alpha value is -1.71. The van der Waals surface area contributed by atoms with Crippen molar-refractivity contribution in [1.29, 1.82) is 0 Å². The lowest BCUT2D eigenvalue weighted by atomic mass is 9.98. The highest BCUT2D eigenvalue weighted by Gasteiger charge is 2.26. The number of carboxylic acid groups (broad SMARTS) is 1. The summed E-state index contributed by atoms with van der Waals surface area (Å²) in [4.78, 5) is 35.5. The molecule has 0 rings (SSSR count). The molecule has 0 aromatic heterocycles. The Bertz CT molecular complexity index is 531. The molecule has 0 saturated heterocycles. The monoisotopic (exact) mass is 415 g/mol. The van der Waals surface area contributed by atoms with Gasteiger partial charge in [-0.3, -0.25) is 14.4 Å². The third-order valence-electron chi connectivity index (χ3n) is 4.52. The summed E-state index contributed by atoms with van der Waals surface area (Å²) in [6, 6.07) is -1.04. The molecular formula is C20H41N5O4. The lowest BCUT2D eigenvalue weighted by molar-refractivity contribution is -0.137. The van der Waals surface area contributed by atoms with Gasteiger partial charge in [-0.2, -0.15) is 0 Å². The molecule has 0 saturated carbocycles. The van der Waals surface area contributed by atoms with Gasteiger partial charge in [-0.1, -0.05) is 6.92 Å². The number of carboxylic acids is 1. The molecule has 9 nitrogen and oxygen atoms in total. The molecule has 0 fully saturated rings. The normalized spacial score (nSPS) is 14.2. The Morgan fingerprint density at radius 2 is 1.45 bits per heavy atom. The maximum absolute atomic E-state index is 12.5. The molecule has 0 aliphatic carbocycles. The highest BCUT2D eigenvalue weighted by atomic mass is 16.4. The first-order chi connectivity index (χ1) is 13.3. The summed E-state index contributed by atoms with van der Waals surface area (Å²) in [6.45, 7) is 12.8. The van der Waals surface area contributed by atoms with Crippen LogP contribution in [0.5, 0.6) is 0 Å². The molecule has 9 heteroatoms. The molecule has 0 bridgehead atoms. The predicted molar refractivity (Wildman–Crippen MR) is 115 cm³/mol. The second-order valence-electron chi connectivity index (χ2n) is 8.99. The molecule has 0 heterocycles. The smallest absolute Gasteiger partial charge is 0.303 e. The first kappa shape index (κ1) is 27.3. The van der Waals surface area contributed by atoms with Crippen LogP contribution in [0, 0.1) is 0 Å². The molecule has 0 aromatic carbocycles. The van der Waals surface area contributed by atoms with Crippen LogP contribution < -0.4 is 27.0 Å². The van der Waals surface area contributed by atoms with Crippen molar-refractivity contribution in [2.24, 2.45) is 5.73 Å². The zero-order valence-electron chi connectivity index (χ0n) is 18.9. The van der Waals surface area contributed by atoms with E-state index in [1.807, 2.05) is 41.5 Å². The van der Waals surface area contributed by atoms with Crippen LogP contribution in [-0.2, 0) is 14.4 Å². The maximum Gasteiger partial charge on any atom is 0.303 e. The number of carbonyl (C=O) groups is 3. The Balaban J connectivity index is 4.43. The van der Waals surface area contributed by atoms with E-state index in [1.165, 1.54) is 0 Å². The molecule has 2 atom stereocenters. The Morgan fingerprint density at radius 3 is 1.86 bits per heavy atom. The summed E-state index contributed by atoms with van der Waals surface area (Å²) >= 11 is 0. The van der Waals surface area contributed by atoms with E-state index in [9.17, 15) is 14.4 Å². The van der Waals surface area contributed by atoms with Gasteiger partial charge in [-0.15, -0.1) is 0 Å². The number of aliphatic carboxylic acids is 1. The van der Waals surface area contributed by atoms with E-state index in [0.29, 0.717) is 19.5 Å². The quantitative estimate of drug-likeness (QED) is 0.224. The molecule has 0 aliphatic heterocycles. The van der Waals surface area contributed by atoms with Gasteiger partial charge in [-0.25, -0.2) is 0 Å². The number of carbonyl (C=O) groups excluding carboxylic acids is 2. The van der Waals surface area contributed by atoms with Crippen LogP contribution >= 0.6 is 0 Å². The highest BCUT2D eigenvalue weighted by Crippen LogP contribution is 2.11. The van der Waals surface area contributed by atoms with E-state index in [1.54, 1.807) is 0 Å². The van der Waals surface area contributed by atoms with Crippen LogP contribution in [0.1, 0.15) is 67.2 Å². The second kappa shape index (κ2) is 12.8. The van der Waals surface area contributed by atoms with E-state index >= 15 is 0 Å². The zero-order chi connectivity index (χ0) is 22.7. The first-order valence-electron chi connectivity index (χ1n) is 10.3. The summed E-state index contributed by atoms with van der Waals surface area (Å²) < 4.78 is 0. The fraction of sp³-hybridized carbons (Fsp3) is 0.850. The summed E-state index contributed by atoms with van der Waals surface area (Å²) in [7, 11) is 0. The van der Waals surface area contributed by atoms with Crippen LogP contribution in [0.25, 0.3) is 0 Å². The van der Waals surface area contributed by atoms with Crippen LogP contribution in [-0.4, -0.2) is 65.7 Å². The number of hydrogen-bond donors (Lipinski definition) is 6. The van der Waals surface area contributed by atoms with E-state index in [4.69, 9.17) is 10.8 Å². The van der Waals surface area contributed by atoms with Gasteiger partial charge in [-0.05, 0) is 53.9 Å². The van der Waals surface area contributed by atoms with Gasteiger partial charge in [0, 0.05) is 37.1 Å². The van der Waals surface area contributed by atoms with Gasteiger partial charge < -0.3 is 32.1 Å². The molecule has 7 N–H and O–H groups in total. The Morgan fingerprint density at radius 1 is 0.931 bits per heavy atom. The fourth-order valence-electron chi connectivity index (χ4n) is 2.62. The van der Waals surface area contributed by atoms with Gasteiger partial charge in [0.05, 0.1) is 12.1 Å². The van der Waals surface area contributed by atoms with Crippen molar-refractivity contribution in [2.45, 2.75) is 90.4 Å².